The summed E-state index contributed by atoms with van der Waals surface area (Å²) in [5.41, 5.74) is 2.37. The molecule has 12 heteroatoms. The SMILES string of the molecule is Cn1nnnc1-c1cccc(NC(=O)NC2CCN(CCF)CC2C(=O)N2CCCC(Cc3ccc(F)cc3)C2)c1. The first-order valence-corrected chi connectivity index (χ1v) is 14.1. The molecule has 3 heterocycles. The van der Waals surface area contributed by atoms with Crippen molar-refractivity contribution in [3.05, 3.63) is 59.9 Å². The van der Waals surface area contributed by atoms with Crippen molar-refractivity contribution in [2.45, 2.75) is 31.7 Å². The van der Waals surface area contributed by atoms with Gasteiger partial charge in [-0.1, -0.05) is 24.3 Å². The number of amides is 3. The normalized spacial score (nSPS) is 21.4. The largest absolute Gasteiger partial charge is 0.342 e. The number of likely N-dealkylation sites (tertiary alicyclic amines) is 2. The first-order valence-electron chi connectivity index (χ1n) is 14.1. The molecule has 3 aromatic rings. The van der Waals surface area contributed by atoms with Crippen LogP contribution in [0.3, 0.4) is 0 Å². The number of piperidine rings is 2. The molecule has 2 saturated heterocycles. The molecule has 1 aromatic heterocycles. The summed E-state index contributed by atoms with van der Waals surface area (Å²) in [6, 6.07) is 12.9. The number of anilines is 1. The molecule has 0 radical (unpaired) electrons. The molecule has 0 bridgehead atoms. The van der Waals surface area contributed by atoms with Crippen LogP contribution >= 0.6 is 0 Å². The number of alkyl halides is 1. The van der Waals surface area contributed by atoms with Crippen molar-refractivity contribution in [3.63, 3.8) is 0 Å². The van der Waals surface area contributed by atoms with Gasteiger partial charge < -0.3 is 15.5 Å². The third-order valence-electron chi connectivity index (χ3n) is 8.00. The summed E-state index contributed by atoms with van der Waals surface area (Å²) in [4.78, 5) is 30.8. The third kappa shape index (κ3) is 7.24. The first-order chi connectivity index (χ1) is 19.9. The molecule has 2 fully saturated rings. The molecule has 3 atom stereocenters. The second kappa shape index (κ2) is 13.2. The Morgan fingerprint density at radius 3 is 2.66 bits per heavy atom. The number of urea groups is 1. The summed E-state index contributed by atoms with van der Waals surface area (Å²) >= 11 is 0. The zero-order chi connectivity index (χ0) is 28.8. The Hall–Kier alpha value is -3.93. The van der Waals surface area contributed by atoms with E-state index in [1.807, 2.05) is 15.9 Å². The number of carbonyl (C=O) groups excluding carboxylic acids is 2. The highest BCUT2D eigenvalue weighted by Gasteiger charge is 2.38. The van der Waals surface area contributed by atoms with Crippen molar-refractivity contribution in [1.82, 2.24) is 35.3 Å². The summed E-state index contributed by atoms with van der Waals surface area (Å²) in [6.07, 6.45) is 3.19. The maximum Gasteiger partial charge on any atom is 0.319 e. The van der Waals surface area contributed by atoms with Gasteiger partial charge >= 0.3 is 6.03 Å². The number of aromatic nitrogens is 4. The molecular weight excluding hydrogens is 530 g/mol. The van der Waals surface area contributed by atoms with Crippen LogP contribution < -0.4 is 10.6 Å². The van der Waals surface area contributed by atoms with Gasteiger partial charge in [0, 0.05) is 57.1 Å². The lowest BCUT2D eigenvalue weighted by Gasteiger charge is -2.41. The Balaban J connectivity index is 1.24. The lowest BCUT2D eigenvalue weighted by molar-refractivity contribution is -0.140. The van der Waals surface area contributed by atoms with E-state index >= 15 is 0 Å². The summed E-state index contributed by atoms with van der Waals surface area (Å²) < 4.78 is 28.1. The van der Waals surface area contributed by atoms with E-state index in [9.17, 15) is 18.4 Å². The summed E-state index contributed by atoms with van der Waals surface area (Å²) in [5, 5.41) is 17.4. The van der Waals surface area contributed by atoms with E-state index < -0.39 is 18.6 Å². The van der Waals surface area contributed by atoms with Crippen LogP contribution in [-0.4, -0.2) is 87.4 Å². The zero-order valence-electron chi connectivity index (χ0n) is 23.2. The van der Waals surface area contributed by atoms with Crippen LogP contribution in [0.25, 0.3) is 11.4 Å². The Kier molecular flexibility index (Phi) is 9.17. The number of halogens is 2. The van der Waals surface area contributed by atoms with Crippen LogP contribution in [0.5, 0.6) is 0 Å². The van der Waals surface area contributed by atoms with Crippen molar-refractivity contribution in [2.24, 2.45) is 18.9 Å². The fourth-order valence-electron chi connectivity index (χ4n) is 5.93. The smallest absolute Gasteiger partial charge is 0.319 e. The quantitative estimate of drug-likeness (QED) is 0.433. The standard InChI is InChI=1S/C29H36F2N8O2/c1-37-27(34-35-36-37)22-5-2-6-24(17-22)32-29(41)33-26-11-14-38(15-12-30)19-25(26)28(40)39-13-3-4-21(18-39)16-20-7-9-23(31)10-8-20/h2,5-10,17,21,25-26H,3-4,11-16,18-19H2,1H3,(H2,32,33,41). The molecule has 2 aliphatic rings. The maximum absolute atomic E-state index is 13.9. The Bertz CT molecular complexity index is 1330. The number of rotatable bonds is 8. The van der Waals surface area contributed by atoms with Crippen molar-refractivity contribution in [1.29, 1.82) is 0 Å². The van der Waals surface area contributed by atoms with Crippen molar-refractivity contribution >= 4 is 17.6 Å². The number of aryl methyl sites for hydroxylation is 1. The molecule has 41 heavy (non-hydrogen) atoms. The molecule has 0 aliphatic carbocycles. The number of benzene rings is 2. The van der Waals surface area contributed by atoms with Gasteiger partial charge in [0.2, 0.25) is 5.91 Å². The highest BCUT2D eigenvalue weighted by atomic mass is 19.1. The van der Waals surface area contributed by atoms with E-state index in [1.165, 1.54) is 12.1 Å². The number of hydrogen-bond acceptors (Lipinski definition) is 6. The van der Waals surface area contributed by atoms with Gasteiger partial charge in [-0.2, -0.15) is 0 Å². The number of tetrazole rings is 1. The highest BCUT2D eigenvalue weighted by molar-refractivity contribution is 5.91. The zero-order valence-corrected chi connectivity index (χ0v) is 23.2. The molecular formula is C29H36F2N8O2. The van der Waals surface area contributed by atoms with E-state index in [0.717, 1.165) is 30.4 Å². The van der Waals surface area contributed by atoms with Gasteiger partial charge in [-0.15, -0.1) is 5.10 Å². The van der Waals surface area contributed by atoms with Gasteiger partial charge in [0.15, 0.2) is 5.82 Å². The average Bonchev–Trinajstić information content (AvgIpc) is 3.41. The van der Waals surface area contributed by atoms with Crippen molar-refractivity contribution in [2.75, 3.05) is 44.7 Å². The number of nitrogens with one attached hydrogen (secondary N) is 2. The second-order valence-corrected chi connectivity index (χ2v) is 10.9. The fourth-order valence-corrected chi connectivity index (χ4v) is 5.93. The van der Waals surface area contributed by atoms with Crippen LogP contribution in [0.15, 0.2) is 48.5 Å². The number of carbonyl (C=O) groups is 2. The predicted octanol–water partition coefficient (Wildman–Crippen LogP) is 3.28. The van der Waals surface area contributed by atoms with Crippen LogP contribution in [0.1, 0.15) is 24.8 Å². The van der Waals surface area contributed by atoms with Gasteiger partial charge in [0.25, 0.3) is 0 Å². The monoisotopic (exact) mass is 566 g/mol. The van der Waals surface area contributed by atoms with Gasteiger partial charge in [0.05, 0.1) is 5.92 Å². The minimum atomic E-state index is -0.486. The van der Waals surface area contributed by atoms with E-state index in [-0.39, 0.29) is 30.2 Å². The third-order valence-corrected chi connectivity index (χ3v) is 8.00. The maximum atomic E-state index is 13.9. The van der Waals surface area contributed by atoms with Gasteiger partial charge in [-0.05, 0) is 71.9 Å². The summed E-state index contributed by atoms with van der Waals surface area (Å²) in [5.74, 6) is 0.0810. The Labute approximate surface area is 238 Å². The molecule has 2 aliphatic heterocycles. The summed E-state index contributed by atoms with van der Waals surface area (Å²) in [6.45, 7) is 2.03. The minimum Gasteiger partial charge on any atom is -0.342 e. The van der Waals surface area contributed by atoms with Crippen LogP contribution in [-0.2, 0) is 18.3 Å². The molecule has 0 spiro atoms. The number of hydrogen-bond donors (Lipinski definition) is 2. The van der Waals surface area contributed by atoms with E-state index in [2.05, 4.69) is 26.2 Å². The molecule has 0 saturated carbocycles. The lowest BCUT2D eigenvalue weighted by atomic mass is 9.87. The Morgan fingerprint density at radius 1 is 1.07 bits per heavy atom. The molecule has 5 rings (SSSR count). The predicted molar refractivity (Wildman–Crippen MR) is 150 cm³/mol. The topological polar surface area (TPSA) is 108 Å². The van der Waals surface area contributed by atoms with Crippen molar-refractivity contribution in [3.8, 4) is 11.4 Å². The van der Waals surface area contributed by atoms with Crippen molar-refractivity contribution < 1.29 is 18.4 Å². The highest BCUT2D eigenvalue weighted by Crippen LogP contribution is 2.26. The fraction of sp³-hybridized carbons (Fsp3) is 0.483. The van der Waals surface area contributed by atoms with E-state index in [0.29, 0.717) is 44.1 Å². The minimum absolute atomic E-state index is 0.0144. The molecule has 2 N–H and O–H groups in total. The van der Waals surface area contributed by atoms with Crippen LogP contribution in [0.4, 0.5) is 19.3 Å². The van der Waals surface area contributed by atoms with Crippen LogP contribution in [0.2, 0.25) is 0 Å². The molecule has 218 valence electrons. The number of nitrogens with zero attached hydrogens (tertiary/aromatic N) is 6. The van der Waals surface area contributed by atoms with Gasteiger partial charge in [0.1, 0.15) is 12.5 Å². The summed E-state index contributed by atoms with van der Waals surface area (Å²) in [7, 11) is 1.74. The molecule has 2 aromatic carbocycles. The lowest BCUT2D eigenvalue weighted by Crippen LogP contribution is -2.58. The average molecular weight is 567 g/mol. The van der Waals surface area contributed by atoms with Gasteiger partial charge in [-0.25, -0.2) is 18.3 Å². The van der Waals surface area contributed by atoms with E-state index in [1.54, 1.807) is 42.1 Å². The van der Waals surface area contributed by atoms with Gasteiger partial charge in [-0.3, -0.25) is 9.69 Å². The molecule has 3 unspecified atom stereocenters. The first kappa shape index (κ1) is 28.6. The van der Waals surface area contributed by atoms with Crippen LogP contribution in [0, 0.1) is 17.7 Å². The Morgan fingerprint density at radius 2 is 1.90 bits per heavy atom. The van der Waals surface area contributed by atoms with E-state index in [4.69, 9.17) is 0 Å². The molecule has 10 nitrogen and oxygen atoms in total. The second-order valence-electron chi connectivity index (χ2n) is 10.9. The molecule has 3 amide bonds.